The van der Waals surface area contributed by atoms with Crippen LogP contribution in [0.15, 0.2) is 65.1 Å². The molecule has 0 aliphatic carbocycles. The number of ether oxygens (including phenoxy) is 1. The van der Waals surface area contributed by atoms with Crippen LogP contribution in [0.2, 0.25) is 0 Å². The zero-order chi connectivity index (χ0) is 16.0. The first kappa shape index (κ1) is 13.9. The largest absolute Gasteiger partial charge is 0.482 e. The predicted molar refractivity (Wildman–Crippen MR) is 95.2 cm³/mol. The third kappa shape index (κ3) is 2.16. The van der Waals surface area contributed by atoms with Gasteiger partial charge in [0.05, 0.1) is 0 Å². The highest BCUT2D eigenvalue weighted by Gasteiger charge is 2.37. The highest BCUT2D eigenvalue weighted by molar-refractivity contribution is 5.88. The van der Waals surface area contributed by atoms with E-state index in [1.807, 2.05) is 24.3 Å². The molecule has 3 heteroatoms. The Morgan fingerprint density at radius 2 is 1.71 bits per heavy atom. The summed E-state index contributed by atoms with van der Waals surface area (Å²) in [6.45, 7) is 1.96. The van der Waals surface area contributed by atoms with Crippen LogP contribution in [0.1, 0.15) is 24.2 Å². The van der Waals surface area contributed by atoms with E-state index in [9.17, 15) is 0 Å². The third-order valence-electron chi connectivity index (χ3n) is 5.04. The number of para-hydroxylation sites is 2. The van der Waals surface area contributed by atoms with Gasteiger partial charge in [0, 0.05) is 29.4 Å². The van der Waals surface area contributed by atoms with Crippen molar-refractivity contribution in [2.75, 3.05) is 13.1 Å². The second kappa shape index (κ2) is 5.25. The fourth-order valence-electron chi connectivity index (χ4n) is 3.78. The molecule has 1 fully saturated rings. The summed E-state index contributed by atoms with van der Waals surface area (Å²) >= 11 is 0. The summed E-state index contributed by atoms with van der Waals surface area (Å²) in [6, 6.07) is 18.6. The topological polar surface area (TPSA) is 34.4 Å². The molecule has 2 aliphatic rings. The van der Waals surface area contributed by atoms with Gasteiger partial charge in [0.15, 0.2) is 0 Å². The van der Waals surface area contributed by atoms with Crippen LogP contribution in [0.5, 0.6) is 5.75 Å². The molecule has 24 heavy (non-hydrogen) atoms. The van der Waals surface area contributed by atoms with Crippen LogP contribution < -0.4 is 10.1 Å². The standard InChI is InChI=1S/C21H19NO2/c1-3-7-18-15(5-1)13-20(23-18)17-14-21(9-11-22-12-10-21)24-19-8-4-2-6-16(17)19/h1-8,13-14,22H,9-12H2. The van der Waals surface area contributed by atoms with Gasteiger partial charge in [-0.25, -0.2) is 0 Å². The Hall–Kier alpha value is -2.52. The number of piperidine rings is 1. The average molecular weight is 317 g/mol. The molecule has 5 rings (SSSR count). The van der Waals surface area contributed by atoms with E-state index in [2.05, 4.69) is 41.7 Å². The molecule has 1 saturated heterocycles. The first-order valence-corrected chi connectivity index (χ1v) is 8.54. The van der Waals surface area contributed by atoms with Gasteiger partial charge in [-0.2, -0.15) is 0 Å². The minimum absolute atomic E-state index is 0.228. The van der Waals surface area contributed by atoms with Crippen molar-refractivity contribution < 1.29 is 9.15 Å². The summed E-state index contributed by atoms with van der Waals surface area (Å²) < 4.78 is 12.6. The summed E-state index contributed by atoms with van der Waals surface area (Å²) in [5, 5.41) is 4.56. The van der Waals surface area contributed by atoms with Crippen molar-refractivity contribution >= 4 is 16.5 Å². The molecule has 3 heterocycles. The van der Waals surface area contributed by atoms with Gasteiger partial charge in [-0.3, -0.25) is 0 Å². The predicted octanol–water partition coefficient (Wildman–Crippen LogP) is 4.38. The monoisotopic (exact) mass is 317 g/mol. The van der Waals surface area contributed by atoms with Crippen LogP contribution in [0.3, 0.4) is 0 Å². The van der Waals surface area contributed by atoms with Gasteiger partial charge in [0.2, 0.25) is 0 Å². The number of nitrogens with one attached hydrogen (secondary N) is 1. The summed E-state index contributed by atoms with van der Waals surface area (Å²) in [5.41, 5.74) is 2.96. The Morgan fingerprint density at radius 1 is 0.917 bits per heavy atom. The van der Waals surface area contributed by atoms with E-state index >= 15 is 0 Å². The Kier molecular flexibility index (Phi) is 3.03. The lowest BCUT2D eigenvalue weighted by Crippen LogP contribution is -2.46. The third-order valence-corrected chi connectivity index (χ3v) is 5.04. The van der Waals surface area contributed by atoms with Crippen molar-refractivity contribution in [1.82, 2.24) is 5.32 Å². The molecule has 0 atom stereocenters. The molecule has 0 bridgehead atoms. The first-order chi connectivity index (χ1) is 11.8. The van der Waals surface area contributed by atoms with Crippen LogP contribution in [0.25, 0.3) is 16.5 Å². The highest BCUT2D eigenvalue weighted by atomic mass is 16.5. The van der Waals surface area contributed by atoms with Gasteiger partial charge >= 0.3 is 0 Å². The normalized spacial score (nSPS) is 18.9. The summed E-state index contributed by atoms with van der Waals surface area (Å²) in [6.07, 6.45) is 4.24. The second-order valence-corrected chi connectivity index (χ2v) is 6.62. The van der Waals surface area contributed by atoms with Crippen molar-refractivity contribution in [2.45, 2.75) is 18.4 Å². The van der Waals surface area contributed by atoms with Gasteiger partial charge in [-0.15, -0.1) is 0 Å². The van der Waals surface area contributed by atoms with Gasteiger partial charge in [0.25, 0.3) is 0 Å². The van der Waals surface area contributed by atoms with Gasteiger partial charge in [-0.1, -0.05) is 36.4 Å². The van der Waals surface area contributed by atoms with Crippen molar-refractivity contribution in [2.24, 2.45) is 0 Å². The molecule has 3 aromatic rings. The minimum Gasteiger partial charge on any atom is -0.482 e. The van der Waals surface area contributed by atoms with E-state index in [0.717, 1.165) is 59.5 Å². The van der Waals surface area contributed by atoms with Gasteiger partial charge in [-0.05, 0) is 37.4 Å². The van der Waals surface area contributed by atoms with Crippen LogP contribution in [0, 0.1) is 0 Å². The molecule has 1 aromatic heterocycles. The maximum atomic E-state index is 6.43. The van der Waals surface area contributed by atoms with Crippen LogP contribution in [0.4, 0.5) is 0 Å². The maximum Gasteiger partial charge on any atom is 0.135 e. The zero-order valence-corrected chi connectivity index (χ0v) is 13.4. The molecule has 1 spiro atoms. The Balaban J connectivity index is 1.70. The Labute approximate surface area is 140 Å². The van der Waals surface area contributed by atoms with Crippen LogP contribution in [-0.2, 0) is 0 Å². The number of hydrogen-bond acceptors (Lipinski definition) is 3. The molecule has 0 radical (unpaired) electrons. The van der Waals surface area contributed by atoms with Gasteiger partial charge < -0.3 is 14.5 Å². The number of furan rings is 1. The van der Waals surface area contributed by atoms with E-state index in [0.29, 0.717) is 0 Å². The minimum atomic E-state index is -0.228. The van der Waals surface area contributed by atoms with Gasteiger partial charge in [0.1, 0.15) is 22.7 Å². The number of rotatable bonds is 1. The average Bonchev–Trinajstić information content (AvgIpc) is 3.06. The van der Waals surface area contributed by atoms with Crippen LogP contribution in [-0.4, -0.2) is 18.7 Å². The van der Waals surface area contributed by atoms with Crippen molar-refractivity contribution in [3.63, 3.8) is 0 Å². The van der Waals surface area contributed by atoms with E-state index in [1.54, 1.807) is 0 Å². The first-order valence-electron chi connectivity index (χ1n) is 8.54. The molecule has 2 aliphatic heterocycles. The molecular weight excluding hydrogens is 298 g/mol. The lowest BCUT2D eigenvalue weighted by molar-refractivity contribution is 0.0815. The molecule has 3 nitrogen and oxygen atoms in total. The van der Waals surface area contributed by atoms with Crippen molar-refractivity contribution in [3.05, 3.63) is 72.0 Å². The molecule has 120 valence electrons. The van der Waals surface area contributed by atoms with E-state index in [1.165, 1.54) is 0 Å². The van der Waals surface area contributed by atoms with E-state index < -0.39 is 0 Å². The van der Waals surface area contributed by atoms with E-state index in [4.69, 9.17) is 9.15 Å². The Morgan fingerprint density at radius 3 is 2.58 bits per heavy atom. The summed E-state index contributed by atoms with van der Waals surface area (Å²) in [7, 11) is 0. The second-order valence-electron chi connectivity index (χ2n) is 6.62. The molecule has 0 amide bonds. The number of fused-ring (bicyclic) bond motifs is 2. The van der Waals surface area contributed by atoms with Crippen molar-refractivity contribution in [1.29, 1.82) is 0 Å². The number of benzene rings is 2. The van der Waals surface area contributed by atoms with E-state index in [-0.39, 0.29) is 5.60 Å². The fraction of sp³-hybridized carbons (Fsp3) is 0.238. The molecular formula is C21H19NO2. The van der Waals surface area contributed by atoms with Crippen LogP contribution >= 0.6 is 0 Å². The zero-order valence-electron chi connectivity index (χ0n) is 13.4. The summed E-state index contributed by atoms with van der Waals surface area (Å²) in [4.78, 5) is 0. The molecule has 2 aromatic carbocycles. The lowest BCUT2D eigenvalue weighted by atomic mass is 9.85. The molecule has 0 saturated carbocycles. The smallest absolute Gasteiger partial charge is 0.135 e. The van der Waals surface area contributed by atoms with Crippen molar-refractivity contribution in [3.8, 4) is 5.75 Å². The fourth-order valence-corrected chi connectivity index (χ4v) is 3.78. The highest BCUT2D eigenvalue weighted by Crippen LogP contribution is 2.43. The lowest BCUT2D eigenvalue weighted by Gasteiger charge is -2.39. The number of hydrogen-bond donors (Lipinski definition) is 1. The maximum absolute atomic E-state index is 6.43. The SMILES string of the molecule is C1=C(c2cc3ccccc3o2)c2ccccc2OC12CCNCC2. The quantitative estimate of drug-likeness (QED) is 0.723. The molecule has 0 unspecified atom stereocenters. The Bertz CT molecular complexity index is 899. The summed E-state index contributed by atoms with van der Waals surface area (Å²) in [5.74, 6) is 1.88. The molecule has 1 N–H and O–H groups in total.